The van der Waals surface area contributed by atoms with Crippen LogP contribution in [0.25, 0.3) is 0 Å². The summed E-state index contributed by atoms with van der Waals surface area (Å²) >= 11 is 0. The first kappa shape index (κ1) is 32.0. The van der Waals surface area contributed by atoms with E-state index in [-0.39, 0.29) is 17.2 Å². The van der Waals surface area contributed by atoms with Crippen molar-refractivity contribution in [3.63, 3.8) is 0 Å². The van der Waals surface area contributed by atoms with Crippen molar-refractivity contribution in [3.8, 4) is 0 Å². The van der Waals surface area contributed by atoms with Gasteiger partial charge >= 0.3 is 0 Å². The van der Waals surface area contributed by atoms with Gasteiger partial charge in [0.1, 0.15) is 11.5 Å². The van der Waals surface area contributed by atoms with Crippen LogP contribution in [-0.2, 0) is 35.5 Å². The summed E-state index contributed by atoms with van der Waals surface area (Å²) in [6, 6.07) is 13.4. The molecular weight excluding hydrogens is 623 g/mol. The van der Waals surface area contributed by atoms with Crippen molar-refractivity contribution in [3.05, 3.63) is 88.8 Å². The zero-order chi connectivity index (χ0) is 34.0. The second-order valence-corrected chi connectivity index (χ2v) is 15.0. The zero-order valence-electron chi connectivity index (χ0n) is 28.5. The van der Waals surface area contributed by atoms with Gasteiger partial charge in [-0.1, -0.05) is 26.0 Å². The lowest BCUT2D eigenvalue weighted by atomic mass is 9.88. The number of rotatable bonds is 7. The first-order valence-corrected chi connectivity index (χ1v) is 17.5. The van der Waals surface area contributed by atoms with Gasteiger partial charge in [0.25, 0.3) is 11.8 Å². The van der Waals surface area contributed by atoms with Gasteiger partial charge in [0.15, 0.2) is 6.17 Å². The van der Waals surface area contributed by atoms with Crippen molar-refractivity contribution in [2.75, 3.05) is 55.0 Å². The van der Waals surface area contributed by atoms with E-state index in [2.05, 4.69) is 40.8 Å². The molecule has 2 N–H and O–H groups in total. The Morgan fingerprint density at radius 2 is 1.69 bits per heavy atom. The molecule has 1 aliphatic carbocycles. The zero-order valence-corrected chi connectivity index (χ0v) is 28.5. The summed E-state index contributed by atoms with van der Waals surface area (Å²) in [4.78, 5) is 34.9. The van der Waals surface area contributed by atoms with Crippen LogP contribution < -0.4 is 15.1 Å². The molecule has 1 aromatic heterocycles. The van der Waals surface area contributed by atoms with E-state index in [1.165, 1.54) is 33.9 Å². The molecule has 4 aliphatic heterocycles. The standard InChI is InChI=1S/C38H45FN6O4/c1-38(2)19-26-16-33-36(47)45(15-14-43(33)34(26)20-38)32-18-27(39)17-31(30(32)21-46)44-13-12-41(3)37(48)35(44)40-28-6-4-24(5-7-28)25-8-10-42(11-9-25)29-22-49-23-29/h4-7,12-13,16-18,25,29,35,40,46H,8-11,14-15,19-23H2,1-3H3. The molecule has 49 heavy (non-hydrogen) atoms. The summed E-state index contributed by atoms with van der Waals surface area (Å²) < 4.78 is 23.0. The molecule has 3 aromatic rings. The molecule has 1 atom stereocenters. The number of nitrogens with one attached hydrogen (secondary N) is 1. The molecule has 0 spiro atoms. The number of ether oxygens (including phenoxy) is 1. The second kappa shape index (κ2) is 12.3. The highest BCUT2D eigenvalue weighted by Gasteiger charge is 2.39. The molecule has 2 saturated heterocycles. The fraction of sp³-hybridized carbons (Fsp3) is 0.474. The minimum absolute atomic E-state index is 0.164. The molecule has 0 bridgehead atoms. The van der Waals surface area contributed by atoms with E-state index in [1.807, 2.05) is 18.2 Å². The minimum Gasteiger partial charge on any atom is -0.392 e. The first-order chi connectivity index (χ1) is 23.6. The molecule has 0 saturated carbocycles. The number of amides is 2. The van der Waals surface area contributed by atoms with E-state index in [0.29, 0.717) is 47.7 Å². The number of benzene rings is 2. The molecular formula is C38H45FN6O4. The lowest BCUT2D eigenvalue weighted by Crippen LogP contribution is -2.52. The number of halogens is 1. The van der Waals surface area contributed by atoms with E-state index in [9.17, 15) is 14.7 Å². The molecule has 2 fully saturated rings. The molecule has 5 heterocycles. The van der Waals surface area contributed by atoms with E-state index >= 15 is 4.39 Å². The highest BCUT2D eigenvalue weighted by molar-refractivity contribution is 6.07. The van der Waals surface area contributed by atoms with Gasteiger partial charge in [-0.15, -0.1) is 0 Å². The van der Waals surface area contributed by atoms with Gasteiger partial charge < -0.3 is 34.4 Å². The number of hydrogen-bond acceptors (Lipinski definition) is 7. The molecule has 1 unspecified atom stereocenters. The largest absolute Gasteiger partial charge is 0.392 e. The van der Waals surface area contributed by atoms with Crippen LogP contribution in [0, 0.1) is 11.2 Å². The SMILES string of the molecule is CN1C=CN(c2cc(F)cc(N3CCn4c(cc5c4CC(C)(C)C5)C3=O)c2CO)C(Nc2ccc(C3CCN(C4COC4)CC3)cc2)C1=O. The van der Waals surface area contributed by atoms with Gasteiger partial charge in [-0.3, -0.25) is 14.5 Å². The van der Waals surface area contributed by atoms with Crippen LogP contribution in [0.2, 0.25) is 0 Å². The topological polar surface area (TPSA) is 93.5 Å². The van der Waals surface area contributed by atoms with Crippen molar-refractivity contribution < 1.29 is 23.8 Å². The first-order valence-electron chi connectivity index (χ1n) is 17.5. The summed E-state index contributed by atoms with van der Waals surface area (Å²) in [6.45, 7) is 8.80. The Morgan fingerprint density at radius 1 is 0.959 bits per heavy atom. The maximum atomic E-state index is 15.5. The van der Waals surface area contributed by atoms with E-state index in [0.717, 1.165) is 57.7 Å². The molecule has 8 rings (SSSR count). The van der Waals surface area contributed by atoms with E-state index < -0.39 is 18.6 Å². The number of likely N-dealkylation sites (tertiary alicyclic amines) is 1. The lowest BCUT2D eigenvalue weighted by Gasteiger charge is -2.41. The molecule has 258 valence electrons. The molecule has 2 aromatic carbocycles. The fourth-order valence-electron chi connectivity index (χ4n) is 8.42. The number of nitrogens with zero attached hydrogens (tertiary/aromatic N) is 5. The van der Waals surface area contributed by atoms with Crippen molar-refractivity contribution >= 4 is 28.9 Å². The normalized spacial score (nSPS) is 22.8. The summed E-state index contributed by atoms with van der Waals surface area (Å²) in [5.41, 5.74) is 6.23. The van der Waals surface area contributed by atoms with Crippen LogP contribution in [0.15, 0.2) is 54.9 Å². The van der Waals surface area contributed by atoms with Crippen LogP contribution >= 0.6 is 0 Å². The molecule has 5 aliphatic rings. The van der Waals surface area contributed by atoms with Crippen LogP contribution in [0.5, 0.6) is 0 Å². The lowest BCUT2D eigenvalue weighted by molar-refractivity contribution is -0.128. The Bertz CT molecular complexity index is 1810. The van der Waals surface area contributed by atoms with E-state index in [1.54, 1.807) is 29.2 Å². The average Bonchev–Trinajstić information content (AvgIpc) is 3.55. The Labute approximate surface area is 286 Å². The van der Waals surface area contributed by atoms with Crippen LogP contribution in [0.4, 0.5) is 21.5 Å². The molecule has 10 nitrogen and oxygen atoms in total. The van der Waals surface area contributed by atoms with Crippen LogP contribution in [0.1, 0.15) is 65.5 Å². The van der Waals surface area contributed by atoms with Crippen LogP contribution in [0.3, 0.4) is 0 Å². The van der Waals surface area contributed by atoms with Crippen LogP contribution in [-0.4, -0.2) is 83.4 Å². The highest BCUT2D eigenvalue weighted by atomic mass is 19.1. The summed E-state index contributed by atoms with van der Waals surface area (Å²) in [5.74, 6) is -0.525. The number of fused-ring (bicyclic) bond motifs is 3. The molecule has 11 heteroatoms. The number of carbonyl (C=O) groups excluding carboxylic acids is 2. The van der Waals surface area contributed by atoms with Gasteiger partial charge in [0.05, 0.1) is 37.2 Å². The number of carbonyl (C=O) groups is 2. The third-order valence-corrected chi connectivity index (χ3v) is 11.2. The summed E-state index contributed by atoms with van der Waals surface area (Å²) in [6.07, 6.45) is 6.46. The predicted octanol–water partition coefficient (Wildman–Crippen LogP) is 4.67. The summed E-state index contributed by atoms with van der Waals surface area (Å²) in [5, 5.41) is 14.1. The minimum atomic E-state index is -0.908. The number of anilines is 3. The van der Waals surface area contributed by atoms with Gasteiger partial charge in [-0.05, 0) is 91.6 Å². The number of aliphatic hydroxyl groups is 1. The van der Waals surface area contributed by atoms with Crippen molar-refractivity contribution in [2.24, 2.45) is 5.41 Å². The number of aliphatic hydroxyl groups excluding tert-OH is 1. The molecule has 0 radical (unpaired) electrons. The maximum Gasteiger partial charge on any atom is 0.274 e. The fourth-order valence-corrected chi connectivity index (χ4v) is 8.42. The number of likely N-dealkylation sites (N-methyl/N-ethyl adjacent to an activating group) is 1. The smallest absolute Gasteiger partial charge is 0.274 e. The third kappa shape index (κ3) is 5.71. The van der Waals surface area contributed by atoms with Gasteiger partial charge in [0, 0.05) is 49.5 Å². The Balaban J connectivity index is 1.05. The van der Waals surface area contributed by atoms with Crippen molar-refractivity contribution in [1.29, 1.82) is 0 Å². The van der Waals surface area contributed by atoms with Gasteiger partial charge in [-0.25, -0.2) is 4.39 Å². The van der Waals surface area contributed by atoms with Crippen molar-refractivity contribution in [1.82, 2.24) is 14.4 Å². The van der Waals surface area contributed by atoms with E-state index in [4.69, 9.17) is 4.74 Å². The Hall–Kier alpha value is -4.19. The number of aromatic nitrogens is 1. The second-order valence-electron chi connectivity index (χ2n) is 15.0. The quantitative estimate of drug-likeness (QED) is 0.378. The monoisotopic (exact) mass is 668 g/mol. The average molecular weight is 669 g/mol. The summed E-state index contributed by atoms with van der Waals surface area (Å²) in [7, 11) is 1.68. The maximum absolute atomic E-state index is 15.5. The third-order valence-electron chi connectivity index (χ3n) is 11.2. The Kier molecular flexibility index (Phi) is 8.04. The number of hydrogen-bond donors (Lipinski definition) is 2. The van der Waals surface area contributed by atoms with Crippen molar-refractivity contribution in [2.45, 2.75) is 70.8 Å². The predicted molar refractivity (Wildman–Crippen MR) is 186 cm³/mol. The van der Waals surface area contributed by atoms with Gasteiger partial charge in [-0.2, -0.15) is 0 Å². The Morgan fingerprint density at radius 3 is 2.39 bits per heavy atom. The number of piperidine rings is 1. The van der Waals surface area contributed by atoms with Gasteiger partial charge in [0.2, 0.25) is 0 Å². The highest BCUT2D eigenvalue weighted by Crippen LogP contribution is 2.41. The molecule has 2 amide bonds.